The average molecular weight is 571 g/mol. The maximum Gasteiger partial charge on any atom is 0.101 e. The second kappa shape index (κ2) is 26.4. The first-order chi connectivity index (χ1) is 20.6. The lowest BCUT2D eigenvalue weighted by Gasteiger charge is -2.05. The van der Waals surface area contributed by atoms with Crippen LogP contribution in [0, 0.1) is 0 Å². The van der Waals surface area contributed by atoms with Gasteiger partial charge in [-0.15, -0.1) is 0 Å². The number of ether oxygens (including phenoxy) is 2. The smallest absolute Gasteiger partial charge is 0.101 e. The molecule has 5 aromatic carbocycles. The van der Waals surface area contributed by atoms with E-state index in [-0.39, 0.29) is 0 Å². The SMILES string of the molecule is CC.CC.CCc1ccc(CC)cc1.COCC(O)COC.c1ccc2ccccc2c1.c1ccc2ccccc2c1. The molecule has 3 heteroatoms. The normalized spacial score (nSPS) is 9.38. The second-order valence-electron chi connectivity index (χ2n) is 8.78. The van der Waals surface area contributed by atoms with E-state index in [2.05, 4.69) is 145 Å². The van der Waals surface area contributed by atoms with E-state index < -0.39 is 6.10 Å². The van der Waals surface area contributed by atoms with Crippen molar-refractivity contribution in [3.05, 3.63) is 132 Å². The van der Waals surface area contributed by atoms with Gasteiger partial charge in [0.1, 0.15) is 6.10 Å². The molecular formula is C39H54O3. The lowest BCUT2D eigenvalue weighted by atomic mass is 10.1. The molecule has 0 amide bonds. The molecule has 0 aliphatic carbocycles. The lowest BCUT2D eigenvalue weighted by Crippen LogP contribution is -2.19. The average Bonchev–Trinajstić information content (AvgIpc) is 3.08. The number of fused-ring (bicyclic) bond motifs is 2. The Labute approximate surface area is 256 Å². The Morgan fingerprint density at radius 1 is 0.452 bits per heavy atom. The van der Waals surface area contributed by atoms with Crippen LogP contribution in [0.15, 0.2) is 121 Å². The quantitative estimate of drug-likeness (QED) is 0.221. The Morgan fingerprint density at radius 2 is 0.667 bits per heavy atom. The van der Waals surface area contributed by atoms with Gasteiger partial charge in [0, 0.05) is 14.2 Å². The minimum Gasteiger partial charge on any atom is -0.388 e. The van der Waals surface area contributed by atoms with E-state index in [1.807, 2.05) is 27.7 Å². The summed E-state index contributed by atoms with van der Waals surface area (Å²) in [5.74, 6) is 0. The molecule has 5 rings (SSSR count). The molecule has 0 heterocycles. The van der Waals surface area contributed by atoms with Crippen molar-refractivity contribution in [2.24, 2.45) is 0 Å². The number of aryl methyl sites for hydroxylation is 2. The van der Waals surface area contributed by atoms with Crippen molar-refractivity contribution in [2.45, 2.75) is 60.5 Å². The first-order valence-corrected chi connectivity index (χ1v) is 15.2. The number of aliphatic hydroxyl groups excluding tert-OH is 1. The Morgan fingerprint density at radius 3 is 0.833 bits per heavy atom. The second-order valence-corrected chi connectivity index (χ2v) is 8.78. The molecule has 0 spiro atoms. The summed E-state index contributed by atoms with van der Waals surface area (Å²) in [6.07, 6.45) is 1.80. The summed E-state index contributed by atoms with van der Waals surface area (Å²) in [5.41, 5.74) is 2.86. The maximum atomic E-state index is 8.80. The molecule has 0 saturated heterocycles. The van der Waals surface area contributed by atoms with Gasteiger partial charge in [-0.1, -0.05) is 163 Å². The number of rotatable bonds is 6. The fourth-order valence-electron chi connectivity index (χ4n) is 3.71. The zero-order valence-electron chi connectivity index (χ0n) is 27.2. The van der Waals surface area contributed by atoms with Gasteiger partial charge in [0.2, 0.25) is 0 Å². The van der Waals surface area contributed by atoms with Crippen LogP contribution in [-0.2, 0) is 22.3 Å². The van der Waals surface area contributed by atoms with Crippen molar-refractivity contribution in [1.29, 1.82) is 0 Å². The Hall–Kier alpha value is -3.50. The van der Waals surface area contributed by atoms with Crippen molar-refractivity contribution >= 4 is 21.5 Å². The van der Waals surface area contributed by atoms with E-state index in [1.165, 1.54) is 32.7 Å². The summed E-state index contributed by atoms with van der Waals surface area (Å²) >= 11 is 0. The van der Waals surface area contributed by atoms with Crippen LogP contribution in [-0.4, -0.2) is 38.6 Å². The number of hydrogen-bond donors (Lipinski definition) is 1. The third kappa shape index (κ3) is 16.7. The number of hydrogen-bond acceptors (Lipinski definition) is 3. The molecule has 42 heavy (non-hydrogen) atoms. The van der Waals surface area contributed by atoms with Gasteiger partial charge in [0.05, 0.1) is 13.2 Å². The first kappa shape index (κ1) is 38.5. The Bertz CT molecular complexity index is 1050. The molecule has 0 radical (unpaired) electrons. The molecule has 0 unspecified atom stereocenters. The topological polar surface area (TPSA) is 38.7 Å². The predicted molar refractivity (Wildman–Crippen MR) is 186 cm³/mol. The monoisotopic (exact) mass is 570 g/mol. The van der Waals surface area contributed by atoms with Gasteiger partial charge in [-0.3, -0.25) is 0 Å². The van der Waals surface area contributed by atoms with Crippen molar-refractivity contribution < 1.29 is 14.6 Å². The predicted octanol–water partition coefficient (Wildman–Crippen LogP) is 10.2. The number of methoxy groups -OCH3 is 2. The third-order valence-electron chi connectivity index (χ3n) is 5.87. The summed E-state index contributed by atoms with van der Waals surface area (Å²) in [6, 6.07) is 42.3. The van der Waals surface area contributed by atoms with Gasteiger partial charge >= 0.3 is 0 Å². The van der Waals surface area contributed by atoms with Crippen LogP contribution in [0.3, 0.4) is 0 Å². The van der Waals surface area contributed by atoms with Crippen LogP contribution in [0.5, 0.6) is 0 Å². The van der Waals surface area contributed by atoms with Gasteiger partial charge < -0.3 is 14.6 Å². The van der Waals surface area contributed by atoms with Crippen LogP contribution in [0.25, 0.3) is 21.5 Å². The fraction of sp³-hybridized carbons (Fsp3) is 0.333. The molecule has 0 atom stereocenters. The molecule has 0 saturated carbocycles. The van der Waals surface area contributed by atoms with Crippen LogP contribution in [0.1, 0.15) is 52.7 Å². The highest BCUT2D eigenvalue weighted by Gasteiger charge is 1.99. The van der Waals surface area contributed by atoms with Gasteiger partial charge in [-0.25, -0.2) is 0 Å². The van der Waals surface area contributed by atoms with E-state index in [9.17, 15) is 0 Å². The van der Waals surface area contributed by atoms with E-state index in [0.29, 0.717) is 13.2 Å². The highest BCUT2D eigenvalue weighted by molar-refractivity contribution is 5.82. The Kier molecular flexibility index (Phi) is 24.2. The number of aliphatic hydroxyl groups is 1. The molecule has 228 valence electrons. The highest BCUT2D eigenvalue weighted by atomic mass is 16.5. The molecule has 0 aromatic heterocycles. The van der Waals surface area contributed by atoms with Crippen molar-refractivity contribution in [3.8, 4) is 0 Å². The van der Waals surface area contributed by atoms with Crippen LogP contribution in [0.4, 0.5) is 0 Å². The zero-order chi connectivity index (χ0) is 31.4. The molecule has 0 bridgehead atoms. The number of benzene rings is 5. The van der Waals surface area contributed by atoms with Crippen LogP contribution < -0.4 is 0 Å². The first-order valence-electron chi connectivity index (χ1n) is 15.2. The molecule has 0 aliphatic heterocycles. The lowest BCUT2D eigenvalue weighted by molar-refractivity contribution is 0.00980. The molecular weight excluding hydrogens is 516 g/mol. The summed E-state index contributed by atoms with van der Waals surface area (Å²) in [5, 5.41) is 14.0. The largest absolute Gasteiger partial charge is 0.388 e. The fourth-order valence-corrected chi connectivity index (χ4v) is 3.71. The maximum absolute atomic E-state index is 8.80. The zero-order valence-corrected chi connectivity index (χ0v) is 27.2. The van der Waals surface area contributed by atoms with Gasteiger partial charge in [0.25, 0.3) is 0 Å². The summed E-state index contributed by atoms with van der Waals surface area (Å²) < 4.78 is 9.25. The van der Waals surface area contributed by atoms with E-state index in [0.717, 1.165) is 12.8 Å². The van der Waals surface area contributed by atoms with Crippen molar-refractivity contribution in [3.63, 3.8) is 0 Å². The third-order valence-corrected chi connectivity index (χ3v) is 5.87. The van der Waals surface area contributed by atoms with E-state index >= 15 is 0 Å². The standard InChI is InChI=1S/2C10H8.C10H14.C5H12O3.2C2H6/c2*1-2-6-10-8-4-3-7-9(10)5-1;1-3-9-5-7-10(4-2)8-6-9;1-7-3-5(6)4-8-2;2*1-2/h2*1-8H;5-8H,3-4H2,1-2H3;5-6H,3-4H2,1-2H3;2*1-2H3. The summed E-state index contributed by atoms with van der Waals surface area (Å²) in [7, 11) is 3.08. The van der Waals surface area contributed by atoms with Crippen molar-refractivity contribution in [2.75, 3.05) is 27.4 Å². The highest BCUT2D eigenvalue weighted by Crippen LogP contribution is 2.12. The van der Waals surface area contributed by atoms with E-state index in [4.69, 9.17) is 5.11 Å². The molecule has 5 aromatic rings. The molecule has 0 fully saturated rings. The summed E-state index contributed by atoms with van der Waals surface area (Å²) in [4.78, 5) is 0. The van der Waals surface area contributed by atoms with Gasteiger partial charge in [0.15, 0.2) is 0 Å². The molecule has 3 nitrogen and oxygen atoms in total. The Balaban J connectivity index is 0.000000515. The van der Waals surface area contributed by atoms with Crippen molar-refractivity contribution in [1.82, 2.24) is 0 Å². The molecule has 0 aliphatic rings. The van der Waals surface area contributed by atoms with Crippen LogP contribution in [0.2, 0.25) is 0 Å². The van der Waals surface area contributed by atoms with E-state index in [1.54, 1.807) is 14.2 Å². The van der Waals surface area contributed by atoms with Gasteiger partial charge in [-0.05, 0) is 45.5 Å². The minimum absolute atomic E-state index is 0.341. The van der Waals surface area contributed by atoms with Crippen LogP contribution >= 0.6 is 0 Å². The molecule has 1 N–H and O–H groups in total. The summed E-state index contributed by atoms with van der Waals surface area (Å²) in [6.45, 7) is 13.0. The van der Waals surface area contributed by atoms with Gasteiger partial charge in [-0.2, -0.15) is 0 Å². The minimum atomic E-state index is -0.481.